The van der Waals surface area contributed by atoms with Gasteiger partial charge in [0, 0.05) is 32.5 Å². The van der Waals surface area contributed by atoms with Gasteiger partial charge in [-0.3, -0.25) is 4.79 Å². The van der Waals surface area contributed by atoms with Crippen LogP contribution in [0.3, 0.4) is 0 Å². The maximum absolute atomic E-state index is 12.8. The predicted molar refractivity (Wildman–Crippen MR) is 116 cm³/mol. The van der Waals surface area contributed by atoms with Crippen molar-refractivity contribution >= 4 is 32.2 Å². The van der Waals surface area contributed by atoms with Crippen molar-refractivity contribution in [2.24, 2.45) is 7.05 Å². The number of hydrogen-bond donors (Lipinski definition) is 2. The molecule has 4 rings (SSSR count). The number of nitrogens with zero attached hydrogens (tertiary/aromatic N) is 3. The molecule has 1 fully saturated rings. The Balaban J connectivity index is 1.92. The minimum atomic E-state index is -3.45. The van der Waals surface area contributed by atoms with Gasteiger partial charge in [0.05, 0.1) is 40.8 Å². The van der Waals surface area contributed by atoms with E-state index >= 15 is 0 Å². The number of aromatic nitrogens is 3. The molecule has 0 bridgehead atoms. The van der Waals surface area contributed by atoms with E-state index in [0.717, 1.165) is 6.42 Å². The Morgan fingerprint density at radius 2 is 2.07 bits per heavy atom. The van der Waals surface area contributed by atoms with E-state index in [1.807, 2.05) is 0 Å². The van der Waals surface area contributed by atoms with Crippen LogP contribution < -0.4 is 16.2 Å². The van der Waals surface area contributed by atoms with Crippen LogP contribution >= 0.6 is 0 Å². The molecule has 1 aliphatic rings. The maximum atomic E-state index is 12.8. The number of benzene rings is 1. The molecule has 158 valence electrons. The van der Waals surface area contributed by atoms with Crippen LogP contribution in [-0.2, 0) is 21.6 Å². The first-order chi connectivity index (χ1) is 14.3. The highest BCUT2D eigenvalue weighted by Crippen LogP contribution is 2.30. The van der Waals surface area contributed by atoms with E-state index in [2.05, 4.69) is 20.6 Å². The molecule has 0 amide bonds. The zero-order valence-electron chi connectivity index (χ0n) is 17.0. The van der Waals surface area contributed by atoms with Crippen LogP contribution in [0.2, 0.25) is 0 Å². The van der Waals surface area contributed by atoms with Gasteiger partial charge >= 0.3 is 0 Å². The second-order valence-electron chi connectivity index (χ2n) is 7.35. The molecule has 1 saturated heterocycles. The number of anilines is 2. The van der Waals surface area contributed by atoms with Crippen molar-refractivity contribution in [1.29, 1.82) is 0 Å². The molecular formula is C20H23N5O4S. The molecule has 3 aromatic rings. The summed E-state index contributed by atoms with van der Waals surface area (Å²) in [5.74, 6) is 0.422. The van der Waals surface area contributed by atoms with Crippen LogP contribution in [-0.4, -0.2) is 55.5 Å². The van der Waals surface area contributed by atoms with Crippen molar-refractivity contribution in [1.82, 2.24) is 14.5 Å². The van der Waals surface area contributed by atoms with Gasteiger partial charge in [-0.2, -0.15) is 0 Å². The smallest absolute Gasteiger partial charge is 0.264 e. The highest BCUT2D eigenvalue weighted by molar-refractivity contribution is 7.90. The third-order valence-corrected chi connectivity index (χ3v) is 6.26. The molecular weight excluding hydrogens is 406 g/mol. The first kappa shape index (κ1) is 20.3. The van der Waals surface area contributed by atoms with Crippen molar-refractivity contribution in [3.63, 3.8) is 0 Å². The predicted octanol–water partition coefficient (Wildman–Crippen LogP) is 1.64. The minimum absolute atomic E-state index is 0.0408. The summed E-state index contributed by atoms with van der Waals surface area (Å²) in [5, 5.41) is 6.61. The summed E-state index contributed by atoms with van der Waals surface area (Å²) >= 11 is 0. The van der Waals surface area contributed by atoms with Crippen molar-refractivity contribution in [3.05, 3.63) is 40.9 Å². The molecule has 0 aliphatic carbocycles. The van der Waals surface area contributed by atoms with Crippen LogP contribution in [0.25, 0.3) is 22.2 Å². The third-order valence-electron chi connectivity index (χ3n) is 5.12. The van der Waals surface area contributed by atoms with Gasteiger partial charge in [0.1, 0.15) is 11.2 Å². The number of hydrogen-bond acceptors (Lipinski definition) is 8. The van der Waals surface area contributed by atoms with Crippen molar-refractivity contribution < 1.29 is 13.2 Å². The summed E-state index contributed by atoms with van der Waals surface area (Å²) in [4.78, 5) is 22.0. The molecule has 1 aliphatic heterocycles. The van der Waals surface area contributed by atoms with Gasteiger partial charge in [0.2, 0.25) is 0 Å². The molecule has 3 heterocycles. The molecule has 30 heavy (non-hydrogen) atoms. The Bertz CT molecular complexity index is 1280. The summed E-state index contributed by atoms with van der Waals surface area (Å²) in [7, 11) is -0.142. The second-order valence-corrected chi connectivity index (χ2v) is 9.33. The Labute approximate surface area is 174 Å². The number of ether oxygens (including phenoxy) is 1. The van der Waals surface area contributed by atoms with E-state index in [4.69, 9.17) is 4.74 Å². The molecule has 2 N–H and O–H groups in total. The zero-order valence-corrected chi connectivity index (χ0v) is 17.8. The normalized spacial score (nSPS) is 16.7. The summed E-state index contributed by atoms with van der Waals surface area (Å²) in [6.45, 7) is 1.18. The maximum Gasteiger partial charge on any atom is 0.264 e. The molecule has 0 radical (unpaired) electrons. The second kappa shape index (κ2) is 7.69. The lowest BCUT2D eigenvalue weighted by Crippen LogP contribution is -2.24. The Hall–Kier alpha value is -2.98. The van der Waals surface area contributed by atoms with Crippen LogP contribution in [0.15, 0.2) is 40.3 Å². The fourth-order valence-corrected chi connectivity index (χ4v) is 4.42. The van der Waals surface area contributed by atoms with E-state index in [1.165, 1.54) is 17.2 Å². The Morgan fingerprint density at radius 3 is 2.73 bits per heavy atom. The quantitative estimate of drug-likeness (QED) is 0.629. The third kappa shape index (κ3) is 3.75. The SMILES string of the molecule is CNc1ccc(-c2cc3ncn(C)c(=O)c3c(NC3CCOC3)n2)cc1S(C)(=O)=O. The molecule has 9 nitrogen and oxygen atoms in total. The average molecular weight is 430 g/mol. The topological polar surface area (TPSA) is 115 Å². The van der Waals surface area contributed by atoms with Crippen molar-refractivity contribution in [2.45, 2.75) is 17.4 Å². The van der Waals surface area contributed by atoms with Gasteiger partial charge in [-0.1, -0.05) is 6.07 Å². The van der Waals surface area contributed by atoms with E-state index in [9.17, 15) is 13.2 Å². The summed E-state index contributed by atoms with van der Waals surface area (Å²) in [6.07, 6.45) is 3.44. The van der Waals surface area contributed by atoms with E-state index < -0.39 is 9.84 Å². The molecule has 2 aromatic heterocycles. The van der Waals surface area contributed by atoms with Crippen molar-refractivity contribution in [2.75, 3.05) is 37.2 Å². The van der Waals surface area contributed by atoms with Gasteiger partial charge in [0.15, 0.2) is 9.84 Å². The van der Waals surface area contributed by atoms with Gasteiger partial charge in [-0.15, -0.1) is 0 Å². The lowest BCUT2D eigenvalue weighted by atomic mass is 10.1. The summed E-state index contributed by atoms with van der Waals surface area (Å²) < 4.78 is 31.3. The van der Waals surface area contributed by atoms with E-state index in [-0.39, 0.29) is 16.5 Å². The number of rotatable bonds is 5. The van der Waals surface area contributed by atoms with Crippen LogP contribution in [0.4, 0.5) is 11.5 Å². The number of nitrogens with one attached hydrogen (secondary N) is 2. The highest BCUT2D eigenvalue weighted by Gasteiger charge is 2.21. The first-order valence-corrected chi connectivity index (χ1v) is 11.4. The van der Waals surface area contributed by atoms with E-state index in [1.54, 1.807) is 38.4 Å². The molecule has 0 saturated carbocycles. The van der Waals surface area contributed by atoms with Gasteiger partial charge < -0.3 is 19.9 Å². The van der Waals surface area contributed by atoms with Gasteiger partial charge in [-0.25, -0.2) is 18.4 Å². The fourth-order valence-electron chi connectivity index (χ4n) is 3.51. The standard InChI is InChI=1S/C20H23N5O4S/c1-21-14-5-4-12(8-17(14)30(3,27)28)15-9-16-18(20(26)25(2)11-22-16)19(24-15)23-13-6-7-29-10-13/h4-5,8-9,11,13,21H,6-7,10H2,1-3H3,(H,23,24). The molecule has 1 aromatic carbocycles. The molecule has 10 heteroatoms. The lowest BCUT2D eigenvalue weighted by Gasteiger charge is -2.16. The monoisotopic (exact) mass is 429 g/mol. The largest absolute Gasteiger partial charge is 0.387 e. The number of fused-ring (bicyclic) bond motifs is 1. The summed E-state index contributed by atoms with van der Waals surface area (Å²) in [5.41, 5.74) is 1.93. The minimum Gasteiger partial charge on any atom is -0.387 e. The lowest BCUT2D eigenvalue weighted by molar-refractivity contribution is 0.195. The molecule has 0 spiro atoms. The zero-order chi connectivity index (χ0) is 21.5. The average Bonchev–Trinajstić information content (AvgIpc) is 3.22. The van der Waals surface area contributed by atoms with Gasteiger partial charge in [-0.05, 0) is 24.6 Å². The fraction of sp³-hybridized carbons (Fsp3) is 0.350. The highest BCUT2D eigenvalue weighted by atomic mass is 32.2. The molecule has 1 atom stereocenters. The Kier molecular flexibility index (Phi) is 5.20. The van der Waals surface area contributed by atoms with Crippen molar-refractivity contribution in [3.8, 4) is 11.3 Å². The van der Waals surface area contributed by atoms with E-state index in [0.29, 0.717) is 46.9 Å². The first-order valence-electron chi connectivity index (χ1n) is 9.51. The number of aryl methyl sites for hydroxylation is 1. The van der Waals surface area contributed by atoms with Crippen LogP contribution in [0.1, 0.15) is 6.42 Å². The number of pyridine rings is 1. The van der Waals surface area contributed by atoms with Crippen LogP contribution in [0.5, 0.6) is 0 Å². The summed E-state index contributed by atoms with van der Waals surface area (Å²) in [6, 6.07) is 6.82. The van der Waals surface area contributed by atoms with Crippen LogP contribution in [0, 0.1) is 0 Å². The van der Waals surface area contributed by atoms with Gasteiger partial charge in [0.25, 0.3) is 5.56 Å². The number of sulfone groups is 1. The molecule has 1 unspecified atom stereocenters. The Morgan fingerprint density at radius 1 is 1.27 bits per heavy atom.